The lowest BCUT2D eigenvalue weighted by atomic mass is 10.0. The summed E-state index contributed by atoms with van der Waals surface area (Å²) in [5, 5.41) is 14.4. The number of ether oxygens (including phenoxy) is 2. The number of nitrogens with zero attached hydrogens (tertiary/aromatic N) is 3. The number of amides is 1. The highest BCUT2D eigenvalue weighted by atomic mass is 19.1. The van der Waals surface area contributed by atoms with Gasteiger partial charge in [0.05, 0.1) is 31.8 Å². The average molecular weight is 547 g/mol. The lowest BCUT2D eigenvalue weighted by Crippen LogP contribution is -2.40. The van der Waals surface area contributed by atoms with E-state index >= 15 is 0 Å². The van der Waals surface area contributed by atoms with Crippen LogP contribution in [-0.2, 0) is 11.3 Å². The van der Waals surface area contributed by atoms with Gasteiger partial charge in [-0.1, -0.05) is 24.3 Å². The number of carbonyl (C=O) groups excluding carboxylic acids is 1. The molecule has 1 unspecified atom stereocenters. The van der Waals surface area contributed by atoms with Gasteiger partial charge in [0.1, 0.15) is 28.5 Å². The van der Waals surface area contributed by atoms with E-state index in [0.717, 1.165) is 18.7 Å². The maximum absolute atomic E-state index is 13.7. The fraction of sp³-hybridized carbons (Fsp3) is 0.300. The molecule has 40 heavy (non-hydrogen) atoms. The smallest absolute Gasteiger partial charge is 0.268 e. The molecule has 0 spiro atoms. The number of fused-ring (bicyclic) bond motifs is 1. The molecular weight excluding hydrogens is 515 g/mol. The molecule has 0 saturated carbocycles. The van der Waals surface area contributed by atoms with Crippen LogP contribution >= 0.6 is 0 Å². The van der Waals surface area contributed by atoms with E-state index in [4.69, 9.17) is 9.47 Å². The van der Waals surface area contributed by atoms with Crippen molar-refractivity contribution >= 4 is 16.9 Å². The number of hydrogen-bond acceptors (Lipinski definition) is 7. The first kappa shape index (κ1) is 27.3. The minimum absolute atomic E-state index is 0.276. The first-order valence-electron chi connectivity index (χ1n) is 13.1. The summed E-state index contributed by atoms with van der Waals surface area (Å²) in [5.41, 5.74) is 1.48. The van der Waals surface area contributed by atoms with Gasteiger partial charge in [0.25, 0.3) is 11.5 Å². The van der Waals surface area contributed by atoms with Gasteiger partial charge in [0, 0.05) is 37.9 Å². The van der Waals surface area contributed by atoms with E-state index in [1.165, 1.54) is 16.7 Å². The maximum Gasteiger partial charge on any atom is 0.268 e. The quantitative estimate of drug-likeness (QED) is 0.347. The van der Waals surface area contributed by atoms with Gasteiger partial charge in [-0.05, 0) is 48.4 Å². The Hall–Kier alpha value is -4.28. The van der Waals surface area contributed by atoms with Crippen molar-refractivity contribution in [3.63, 3.8) is 0 Å². The van der Waals surface area contributed by atoms with Crippen molar-refractivity contribution in [1.82, 2.24) is 19.8 Å². The lowest BCUT2D eigenvalue weighted by molar-refractivity contribution is 0.0364. The molecule has 1 amide bonds. The van der Waals surface area contributed by atoms with Crippen molar-refractivity contribution < 1.29 is 23.8 Å². The number of methoxy groups -OCH3 is 1. The van der Waals surface area contributed by atoms with Crippen molar-refractivity contribution in [2.45, 2.75) is 19.5 Å². The van der Waals surface area contributed by atoms with Crippen LogP contribution in [0.25, 0.3) is 22.2 Å². The third-order valence-corrected chi connectivity index (χ3v) is 7.18. The van der Waals surface area contributed by atoms with Crippen LogP contribution in [0.1, 0.15) is 28.9 Å². The van der Waals surface area contributed by atoms with Gasteiger partial charge in [-0.2, -0.15) is 0 Å². The number of nitrogens with one attached hydrogen (secondary N) is 1. The Bertz CT molecular complexity index is 1560. The van der Waals surface area contributed by atoms with Crippen molar-refractivity contribution in [2.75, 3.05) is 40.0 Å². The van der Waals surface area contributed by atoms with Crippen molar-refractivity contribution in [1.29, 1.82) is 0 Å². The van der Waals surface area contributed by atoms with Crippen LogP contribution in [0.2, 0.25) is 0 Å². The summed E-state index contributed by atoms with van der Waals surface area (Å²) in [6, 6.07) is 14.3. The van der Waals surface area contributed by atoms with E-state index < -0.39 is 29.1 Å². The molecule has 0 bridgehead atoms. The number of benzene rings is 2. The molecule has 5 rings (SSSR count). The molecule has 2 aromatic heterocycles. The summed E-state index contributed by atoms with van der Waals surface area (Å²) in [6.45, 7) is 5.26. The Morgan fingerprint density at radius 1 is 1.10 bits per heavy atom. The first-order chi connectivity index (χ1) is 19.4. The van der Waals surface area contributed by atoms with Crippen LogP contribution in [0.3, 0.4) is 0 Å². The first-order valence-corrected chi connectivity index (χ1v) is 13.1. The summed E-state index contributed by atoms with van der Waals surface area (Å²) in [7, 11) is 1.59. The number of aromatic hydroxyl groups is 1. The molecule has 0 radical (unpaired) electrons. The minimum Gasteiger partial charge on any atom is -0.506 e. The molecule has 208 valence electrons. The van der Waals surface area contributed by atoms with E-state index in [1.54, 1.807) is 38.4 Å². The number of morpholine rings is 1. The van der Waals surface area contributed by atoms with Gasteiger partial charge in [-0.15, -0.1) is 0 Å². The molecule has 1 aliphatic rings. The number of halogens is 1. The standard InChI is InChI=1S/C30H31FN4O5/c1-19(20-3-7-23(31)8-4-20)33-29(37)26-27(36)25-17-22(21-5-9-24(39-2)10-6-21)18-32-28(25)35(30(26)38)12-11-34-13-15-40-16-14-34/h3-10,17-19,36H,11-16H2,1-2H3,(H,33,37). The van der Waals surface area contributed by atoms with E-state index in [9.17, 15) is 19.1 Å². The Morgan fingerprint density at radius 3 is 2.48 bits per heavy atom. The van der Waals surface area contributed by atoms with Crippen molar-refractivity contribution in [3.8, 4) is 22.6 Å². The summed E-state index contributed by atoms with van der Waals surface area (Å²) in [5.74, 6) is -0.852. The number of hydrogen-bond donors (Lipinski definition) is 2. The number of aromatic nitrogens is 2. The molecule has 10 heteroatoms. The highest BCUT2D eigenvalue weighted by Crippen LogP contribution is 2.31. The summed E-state index contributed by atoms with van der Waals surface area (Å²) >= 11 is 0. The molecule has 1 fully saturated rings. The molecule has 0 aliphatic carbocycles. The van der Waals surface area contributed by atoms with Gasteiger partial charge >= 0.3 is 0 Å². The molecule has 3 heterocycles. The predicted molar refractivity (Wildman–Crippen MR) is 149 cm³/mol. The van der Waals surface area contributed by atoms with Gasteiger partial charge in [0.2, 0.25) is 0 Å². The molecule has 4 aromatic rings. The molecular formula is C30H31FN4O5. The van der Waals surface area contributed by atoms with Crippen molar-refractivity contribution in [2.24, 2.45) is 0 Å². The van der Waals surface area contributed by atoms with Crippen LogP contribution in [-0.4, -0.2) is 65.4 Å². The second kappa shape index (κ2) is 11.8. The van der Waals surface area contributed by atoms with Crippen LogP contribution < -0.4 is 15.6 Å². The molecule has 9 nitrogen and oxygen atoms in total. The highest BCUT2D eigenvalue weighted by Gasteiger charge is 2.25. The zero-order valence-electron chi connectivity index (χ0n) is 22.4. The molecule has 2 N–H and O–H groups in total. The predicted octanol–water partition coefficient (Wildman–Crippen LogP) is 3.74. The highest BCUT2D eigenvalue weighted by molar-refractivity contribution is 6.02. The van der Waals surface area contributed by atoms with E-state index in [-0.39, 0.29) is 23.1 Å². The van der Waals surface area contributed by atoms with Gasteiger partial charge in [0.15, 0.2) is 0 Å². The Balaban J connectivity index is 1.56. The monoisotopic (exact) mass is 546 g/mol. The molecule has 1 atom stereocenters. The second-order valence-electron chi connectivity index (χ2n) is 9.70. The fourth-order valence-electron chi connectivity index (χ4n) is 4.84. The molecule has 1 aliphatic heterocycles. The number of pyridine rings is 2. The van der Waals surface area contributed by atoms with Crippen molar-refractivity contribution in [3.05, 3.63) is 88.1 Å². The average Bonchev–Trinajstić information content (AvgIpc) is 2.98. The van der Waals surface area contributed by atoms with E-state index in [1.807, 2.05) is 24.3 Å². The third-order valence-electron chi connectivity index (χ3n) is 7.18. The SMILES string of the molecule is COc1ccc(-c2cnc3c(c2)c(O)c(C(=O)NC(C)c2ccc(F)cc2)c(=O)n3CCN2CCOCC2)cc1. The van der Waals surface area contributed by atoms with E-state index in [0.29, 0.717) is 36.6 Å². The topological polar surface area (TPSA) is 106 Å². The maximum atomic E-state index is 13.7. The third kappa shape index (κ3) is 5.68. The van der Waals surface area contributed by atoms with Gasteiger partial charge < -0.3 is 19.9 Å². The Morgan fingerprint density at radius 2 is 1.80 bits per heavy atom. The van der Waals surface area contributed by atoms with Crippen LogP contribution in [0.5, 0.6) is 11.5 Å². The van der Waals surface area contributed by atoms with Crippen LogP contribution in [0, 0.1) is 5.82 Å². The van der Waals surface area contributed by atoms with E-state index in [2.05, 4.69) is 15.2 Å². The second-order valence-corrected chi connectivity index (χ2v) is 9.70. The van der Waals surface area contributed by atoms with Gasteiger partial charge in [-0.3, -0.25) is 19.1 Å². The Kier molecular flexibility index (Phi) is 8.09. The van der Waals surface area contributed by atoms with Crippen LogP contribution in [0.15, 0.2) is 65.6 Å². The zero-order chi connectivity index (χ0) is 28.2. The largest absolute Gasteiger partial charge is 0.506 e. The minimum atomic E-state index is -0.726. The summed E-state index contributed by atoms with van der Waals surface area (Å²) < 4.78 is 25.5. The molecule has 2 aromatic carbocycles. The zero-order valence-corrected chi connectivity index (χ0v) is 22.4. The van der Waals surface area contributed by atoms with Crippen LogP contribution in [0.4, 0.5) is 4.39 Å². The summed E-state index contributed by atoms with van der Waals surface area (Å²) in [4.78, 5) is 33.9. The lowest BCUT2D eigenvalue weighted by Gasteiger charge is -2.27. The number of rotatable bonds is 8. The normalized spacial score (nSPS) is 14.7. The summed E-state index contributed by atoms with van der Waals surface area (Å²) in [6.07, 6.45) is 1.64. The van der Waals surface area contributed by atoms with Gasteiger partial charge in [-0.25, -0.2) is 9.37 Å². The number of carbonyl (C=O) groups is 1. The fourth-order valence-corrected chi connectivity index (χ4v) is 4.84. The Labute approximate surface area is 230 Å². The molecule has 1 saturated heterocycles.